The van der Waals surface area contributed by atoms with Gasteiger partial charge in [0.25, 0.3) is 0 Å². The maximum atomic E-state index is 6.90. The molecule has 11 aromatic carbocycles. The van der Waals surface area contributed by atoms with Crippen LogP contribution < -0.4 is 14.5 Å². The summed E-state index contributed by atoms with van der Waals surface area (Å²) < 4.78 is 6.90. The Bertz CT molecular complexity index is 3920. The van der Waals surface area contributed by atoms with Crippen molar-refractivity contribution in [3.63, 3.8) is 0 Å². The number of para-hydroxylation sites is 2. The Morgan fingerprint density at radius 1 is 0.370 bits per heavy atom. The van der Waals surface area contributed by atoms with Crippen molar-refractivity contribution in [3.05, 3.63) is 258 Å². The maximum absolute atomic E-state index is 6.90. The number of ether oxygens (including phenoxy) is 1. The third-order valence-corrected chi connectivity index (χ3v) is 15.8. The van der Waals surface area contributed by atoms with Gasteiger partial charge in [-0.1, -0.05) is 187 Å². The van der Waals surface area contributed by atoms with Crippen LogP contribution in [0, 0.1) is 0 Å². The molecule has 1 aliphatic heterocycles. The van der Waals surface area contributed by atoms with E-state index < -0.39 is 5.41 Å². The molecule has 0 radical (unpaired) electrons. The van der Waals surface area contributed by atoms with Gasteiger partial charge in [0, 0.05) is 46.6 Å². The lowest BCUT2D eigenvalue weighted by molar-refractivity contribution is 0.437. The number of anilines is 5. The van der Waals surface area contributed by atoms with Crippen LogP contribution in [0.1, 0.15) is 74.9 Å². The second kappa shape index (κ2) is 16.6. The molecule has 3 heteroatoms. The Balaban J connectivity index is 1.03. The van der Waals surface area contributed by atoms with Crippen molar-refractivity contribution in [1.29, 1.82) is 0 Å². The molecule has 0 saturated heterocycles. The molecule has 0 unspecified atom stereocenters. The maximum Gasteiger partial charge on any atom is 0.132 e. The van der Waals surface area contributed by atoms with E-state index in [1.165, 1.54) is 76.8 Å². The van der Waals surface area contributed by atoms with Crippen molar-refractivity contribution in [2.75, 3.05) is 16.8 Å². The topological polar surface area (TPSA) is 15.7 Å². The van der Waals surface area contributed by atoms with Gasteiger partial charge in [0.1, 0.15) is 11.5 Å². The van der Waals surface area contributed by atoms with Crippen LogP contribution in [-0.2, 0) is 16.2 Å². The molecule has 0 amide bonds. The molecule has 13 rings (SSSR count). The van der Waals surface area contributed by atoms with E-state index in [2.05, 4.69) is 283 Å². The summed E-state index contributed by atoms with van der Waals surface area (Å²) in [6.07, 6.45) is 0. The van der Waals surface area contributed by atoms with Crippen molar-refractivity contribution in [2.45, 2.75) is 57.8 Å². The van der Waals surface area contributed by atoms with Crippen molar-refractivity contribution in [3.8, 4) is 33.8 Å². The molecular formula is C70H58N2O. The van der Waals surface area contributed by atoms with Gasteiger partial charge in [0.05, 0.1) is 5.41 Å². The Kier molecular flexibility index (Phi) is 10.1. The van der Waals surface area contributed by atoms with Gasteiger partial charge >= 0.3 is 0 Å². The summed E-state index contributed by atoms with van der Waals surface area (Å²) in [6, 6.07) is 83.6. The standard InChI is InChI=1S/C70H58N2O/c1-68(2,3)49-28-35-52(36-29-49)71(7)51-32-24-46(25-33-51)48-27-40-59-63(43-48)70(61-20-12-14-22-64(61)73-65-23-15-13-21-62(65)70)67-58-41-39-55(44-60(58)56-18-10-11-19-57(56)66(59)67)72(53-37-30-50(31-38-53)69(4,5)6)54-34-26-45-16-8-9-17-47(45)42-54/h8-44H,1-7H3. The van der Waals surface area contributed by atoms with Gasteiger partial charge in [-0.25, -0.2) is 0 Å². The van der Waals surface area contributed by atoms with Crippen LogP contribution in [0.4, 0.5) is 28.4 Å². The van der Waals surface area contributed by atoms with Gasteiger partial charge in [0.2, 0.25) is 0 Å². The van der Waals surface area contributed by atoms with Crippen LogP contribution in [0.3, 0.4) is 0 Å². The second-order valence-corrected chi connectivity index (χ2v) is 22.2. The molecule has 1 aliphatic carbocycles. The SMILES string of the molecule is CN(c1ccc(-c2ccc3c(c2)C2(c4ccccc4Oc4ccccc42)c2c-3c3ccccc3c3cc(N(c4ccc(C(C)(C)C)cc4)c4ccc5ccccc5c4)ccc23)cc1)c1ccc(C(C)(C)C)cc1. The van der Waals surface area contributed by atoms with E-state index in [0.29, 0.717) is 0 Å². The van der Waals surface area contributed by atoms with Gasteiger partial charge in [0.15, 0.2) is 0 Å². The largest absolute Gasteiger partial charge is 0.457 e. The molecular weight excluding hydrogens is 885 g/mol. The highest BCUT2D eigenvalue weighted by molar-refractivity contribution is 6.20. The first-order valence-electron chi connectivity index (χ1n) is 25.7. The minimum atomic E-state index is -0.698. The Morgan fingerprint density at radius 2 is 0.877 bits per heavy atom. The molecule has 0 aromatic heterocycles. The number of fused-ring (bicyclic) bond motifs is 15. The highest BCUT2D eigenvalue weighted by Gasteiger charge is 2.52. The number of rotatable bonds is 6. The highest BCUT2D eigenvalue weighted by atomic mass is 16.5. The molecule has 2 aliphatic rings. The van der Waals surface area contributed by atoms with Crippen LogP contribution in [0.25, 0.3) is 54.6 Å². The lowest BCUT2D eigenvalue weighted by Gasteiger charge is -2.40. The van der Waals surface area contributed by atoms with E-state index >= 15 is 0 Å². The summed E-state index contributed by atoms with van der Waals surface area (Å²) in [7, 11) is 2.15. The molecule has 0 saturated carbocycles. The molecule has 354 valence electrons. The molecule has 1 heterocycles. The van der Waals surface area contributed by atoms with Crippen molar-refractivity contribution in [2.24, 2.45) is 0 Å². The van der Waals surface area contributed by atoms with Gasteiger partial charge in [-0.3, -0.25) is 0 Å². The Morgan fingerprint density at radius 3 is 1.52 bits per heavy atom. The van der Waals surface area contributed by atoms with Crippen LogP contribution in [-0.4, -0.2) is 7.05 Å². The molecule has 73 heavy (non-hydrogen) atoms. The molecule has 0 N–H and O–H groups in total. The van der Waals surface area contributed by atoms with Crippen LogP contribution in [0.15, 0.2) is 224 Å². The fourth-order valence-electron chi connectivity index (χ4n) is 12.0. The van der Waals surface area contributed by atoms with Gasteiger partial charge < -0.3 is 14.5 Å². The summed E-state index contributed by atoms with van der Waals surface area (Å²) >= 11 is 0. The lowest BCUT2D eigenvalue weighted by atomic mass is 9.64. The first-order chi connectivity index (χ1) is 35.4. The molecule has 1 spiro atoms. The molecule has 11 aromatic rings. The van der Waals surface area contributed by atoms with Gasteiger partial charge in [-0.2, -0.15) is 0 Å². The van der Waals surface area contributed by atoms with E-state index in [-0.39, 0.29) is 10.8 Å². The monoisotopic (exact) mass is 942 g/mol. The summed E-state index contributed by atoms with van der Waals surface area (Å²) in [5.74, 6) is 1.76. The van der Waals surface area contributed by atoms with E-state index in [0.717, 1.165) is 51.1 Å². The molecule has 0 bridgehead atoms. The van der Waals surface area contributed by atoms with E-state index in [1.807, 2.05) is 0 Å². The average Bonchev–Trinajstić information content (AvgIpc) is 3.71. The predicted octanol–water partition coefficient (Wildman–Crippen LogP) is 19.1. The fourth-order valence-corrected chi connectivity index (χ4v) is 12.0. The van der Waals surface area contributed by atoms with E-state index in [9.17, 15) is 0 Å². The third kappa shape index (κ3) is 7.08. The average molecular weight is 943 g/mol. The van der Waals surface area contributed by atoms with Crippen molar-refractivity contribution in [1.82, 2.24) is 0 Å². The summed E-state index contributed by atoms with van der Waals surface area (Å²) in [4.78, 5) is 4.70. The smallest absolute Gasteiger partial charge is 0.132 e. The quantitative estimate of drug-likeness (QED) is 0.155. The van der Waals surface area contributed by atoms with Gasteiger partial charge in [-0.05, 0) is 167 Å². The number of hydrogen-bond acceptors (Lipinski definition) is 3. The zero-order chi connectivity index (χ0) is 49.8. The summed E-state index contributed by atoms with van der Waals surface area (Å²) in [5.41, 5.74) is 17.5. The highest BCUT2D eigenvalue weighted by Crippen LogP contribution is 2.65. The van der Waals surface area contributed by atoms with E-state index in [1.54, 1.807) is 0 Å². The predicted molar refractivity (Wildman–Crippen MR) is 308 cm³/mol. The first-order valence-corrected chi connectivity index (χ1v) is 25.7. The van der Waals surface area contributed by atoms with Crippen LogP contribution >= 0.6 is 0 Å². The number of nitrogens with zero attached hydrogens (tertiary/aromatic N) is 2. The van der Waals surface area contributed by atoms with Crippen LogP contribution in [0.5, 0.6) is 11.5 Å². The summed E-state index contributed by atoms with van der Waals surface area (Å²) in [6.45, 7) is 13.6. The third-order valence-electron chi connectivity index (χ3n) is 15.8. The van der Waals surface area contributed by atoms with Crippen molar-refractivity contribution >= 4 is 60.8 Å². The fraction of sp³-hybridized carbons (Fsp3) is 0.143. The first kappa shape index (κ1) is 44.5. The minimum Gasteiger partial charge on any atom is -0.457 e. The van der Waals surface area contributed by atoms with Crippen LogP contribution in [0.2, 0.25) is 0 Å². The normalized spacial score (nSPS) is 13.4. The molecule has 3 nitrogen and oxygen atoms in total. The zero-order valence-corrected chi connectivity index (χ0v) is 42.7. The van der Waals surface area contributed by atoms with Gasteiger partial charge in [-0.15, -0.1) is 0 Å². The molecule has 0 fully saturated rings. The van der Waals surface area contributed by atoms with E-state index in [4.69, 9.17) is 4.74 Å². The number of hydrogen-bond donors (Lipinski definition) is 0. The zero-order valence-electron chi connectivity index (χ0n) is 42.7. The minimum absolute atomic E-state index is 0.0334. The Labute approximate surface area is 429 Å². The lowest BCUT2D eigenvalue weighted by Crippen LogP contribution is -2.32. The second-order valence-electron chi connectivity index (χ2n) is 22.2. The number of benzene rings is 11. The molecule has 0 atom stereocenters. The Hall–Kier alpha value is -8.40. The summed E-state index contributed by atoms with van der Waals surface area (Å²) in [5, 5.41) is 7.34. The van der Waals surface area contributed by atoms with Crippen molar-refractivity contribution < 1.29 is 4.74 Å².